The van der Waals surface area contributed by atoms with Crippen molar-refractivity contribution in [3.05, 3.63) is 55.4 Å². The average molecular weight is 857 g/mol. The summed E-state index contributed by atoms with van der Waals surface area (Å²) >= 11 is 0. The van der Waals surface area contributed by atoms with Crippen LogP contribution in [0.3, 0.4) is 0 Å². The molecular weight excluding hydrogens is 736 g/mol. The van der Waals surface area contributed by atoms with Crippen LogP contribution >= 0.6 is 0 Å². The van der Waals surface area contributed by atoms with E-state index in [0.717, 1.165) is 51.4 Å². The van der Waals surface area contributed by atoms with Gasteiger partial charge in [0, 0.05) is 17.1 Å². The van der Waals surface area contributed by atoms with E-state index in [2.05, 4.69) is 111 Å². The fourth-order valence-corrected chi connectivity index (χ4v) is 4.83. The Kier molecular flexibility index (Phi) is 145. The molecule has 0 saturated heterocycles. The van der Waals surface area contributed by atoms with Crippen LogP contribution in [-0.2, 0) is 17.1 Å². The molecule has 0 aliphatic rings. The van der Waals surface area contributed by atoms with Gasteiger partial charge >= 0.3 is 0 Å². The molecule has 57 heavy (non-hydrogen) atoms. The Morgan fingerprint density at radius 1 is 0.158 bits per heavy atom. The minimum atomic E-state index is 0. The van der Waals surface area contributed by atoms with Gasteiger partial charge in [-0.1, -0.05) is 261 Å². The molecule has 0 fully saturated rings. The fraction of sp³-hybridized carbons (Fsp3) is 0.857. The second kappa shape index (κ2) is 106. The molecule has 0 nitrogen and oxygen atoms in total. The summed E-state index contributed by atoms with van der Waals surface area (Å²) in [5, 5.41) is 0. The molecule has 0 spiro atoms. The van der Waals surface area contributed by atoms with Gasteiger partial charge in [-0.2, -0.15) is 51.4 Å². The molecule has 363 valence electrons. The average Bonchev–Trinajstić information content (AvgIpc) is 3.21. The van der Waals surface area contributed by atoms with Gasteiger partial charge in [0.2, 0.25) is 0 Å². The predicted molar refractivity (Wildman–Crippen MR) is 273 cm³/mol. The Morgan fingerprint density at radius 2 is 0.246 bits per heavy atom. The summed E-state index contributed by atoms with van der Waals surface area (Å²) in [6.07, 6.45) is 52.1. The van der Waals surface area contributed by atoms with Gasteiger partial charge in [0.1, 0.15) is 0 Å². The molecule has 0 rings (SSSR count). The van der Waals surface area contributed by atoms with Crippen molar-refractivity contribution in [2.45, 2.75) is 312 Å². The zero-order chi connectivity index (χ0) is 44.3. The Labute approximate surface area is 382 Å². The van der Waals surface area contributed by atoms with Gasteiger partial charge in [-0.25, -0.2) is 0 Å². The van der Waals surface area contributed by atoms with Gasteiger partial charge in [0.05, 0.1) is 0 Å². The quantitative estimate of drug-likeness (QED) is 0.0359. The monoisotopic (exact) mass is 856 g/mol. The van der Waals surface area contributed by atoms with Crippen LogP contribution in [-0.4, -0.2) is 0 Å². The third-order valence-corrected chi connectivity index (χ3v) is 8.83. The van der Waals surface area contributed by atoms with E-state index in [1.54, 1.807) is 0 Å². The summed E-state index contributed by atoms with van der Waals surface area (Å²) in [6.45, 7) is 47.9. The van der Waals surface area contributed by atoms with Gasteiger partial charge in [0.15, 0.2) is 0 Å². The van der Waals surface area contributed by atoms with Crippen LogP contribution in [0, 0.1) is 55.4 Å². The first-order chi connectivity index (χ1) is 27.3. The zero-order valence-electron chi connectivity index (χ0n) is 42.2. The summed E-state index contributed by atoms with van der Waals surface area (Å²) in [7, 11) is 0. The van der Waals surface area contributed by atoms with Crippen LogP contribution in [0.5, 0.6) is 0 Å². The second-order valence-electron chi connectivity index (χ2n) is 15.3. The minimum Gasteiger partial charge on any atom is -0.343 e. The van der Waals surface area contributed by atoms with Crippen LogP contribution in [0.15, 0.2) is 0 Å². The predicted octanol–water partition coefficient (Wildman–Crippen LogP) is 22.3. The molecule has 0 saturated carbocycles. The van der Waals surface area contributed by atoms with E-state index >= 15 is 0 Å². The third-order valence-electron chi connectivity index (χ3n) is 8.83. The van der Waals surface area contributed by atoms with E-state index in [-0.39, 0.29) is 17.1 Å². The summed E-state index contributed by atoms with van der Waals surface area (Å²) < 4.78 is 0. The molecule has 1 heteroatoms. The summed E-state index contributed by atoms with van der Waals surface area (Å²) in [5.41, 5.74) is 0. The minimum absolute atomic E-state index is 0. The smallest absolute Gasteiger partial charge is 0 e. The first-order valence-electron chi connectivity index (χ1n) is 25.7. The fourth-order valence-electron chi connectivity index (χ4n) is 4.83. The molecule has 0 aromatic heterocycles. The van der Waals surface area contributed by atoms with E-state index in [1.807, 2.05) is 0 Å². The van der Waals surface area contributed by atoms with Crippen molar-refractivity contribution in [2.24, 2.45) is 0 Å². The van der Waals surface area contributed by atoms with E-state index in [9.17, 15) is 0 Å². The molecule has 0 atom stereocenters. The van der Waals surface area contributed by atoms with Gasteiger partial charge in [-0.15, -0.1) is 0 Å². The van der Waals surface area contributed by atoms with Crippen LogP contribution in [0.2, 0.25) is 0 Å². The largest absolute Gasteiger partial charge is 0.343 e. The Balaban J connectivity index is -0.0000000658. The molecule has 0 heterocycles. The van der Waals surface area contributed by atoms with E-state index in [4.69, 9.17) is 0 Å². The zero-order valence-corrected chi connectivity index (χ0v) is 43.2. The summed E-state index contributed by atoms with van der Waals surface area (Å²) in [5.74, 6) is 0. The van der Waals surface area contributed by atoms with Gasteiger partial charge in [-0.05, 0) is 0 Å². The number of rotatable bonds is 32. The number of hydrogen-bond acceptors (Lipinski definition) is 0. The molecule has 0 N–H and O–H groups in total. The molecule has 0 aliphatic heterocycles. The maximum Gasteiger partial charge on any atom is 0 e. The molecule has 0 amide bonds. The number of hydrogen-bond donors (Lipinski definition) is 0. The van der Waals surface area contributed by atoms with Crippen molar-refractivity contribution in [3.8, 4) is 0 Å². The topological polar surface area (TPSA) is 0 Å². The Bertz CT molecular complexity index is 281. The SMILES string of the molecule is [CH2-]CCCCCC.[CH2-]CCCCCC.[CH2-]CCCCCC.[CH2-]CCCCCC.[CH2-]CCCCCC.[CH2-]CCCCCC.[CH2-]CCCCCC.[CH2-]CCCCCC.[Cu]. The van der Waals surface area contributed by atoms with Crippen molar-refractivity contribution in [2.75, 3.05) is 0 Å². The first-order valence-corrected chi connectivity index (χ1v) is 25.7. The van der Waals surface area contributed by atoms with Crippen LogP contribution in [0.1, 0.15) is 312 Å². The Morgan fingerprint density at radius 3 is 0.298 bits per heavy atom. The molecule has 0 aromatic carbocycles. The van der Waals surface area contributed by atoms with Gasteiger partial charge in [0.25, 0.3) is 0 Å². The van der Waals surface area contributed by atoms with Gasteiger partial charge < -0.3 is 55.4 Å². The normalized spacial score (nSPS) is 9.26. The molecule has 0 aliphatic carbocycles. The maximum atomic E-state index is 3.76. The maximum absolute atomic E-state index is 3.76. The molecule has 0 bridgehead atoms. The van der Waals surface area contributed by atoms with Gasteiger partial charge in [-0.3, -0.25) is 0 Å². The van der Waals surface area contributed by atoms with Crippen molar-refractivity contribution in [1.82, 2.24) is 0 Å². The third kappa shape index (κ3) is 159. The van der Waals surface area contributed by atoms with Crippen LogP contribution < -0.4 is 0 Å². The molecular formula is C56H120Cu-8. The standard InChI is InChI=1S/8C7H15.Cu/c8*1-3-5-7-6-4-2;/h8*1,3-7H2,2H3;/q8*-1;. The van der Waals surface area contributed by atoms with Crippen molar-refractivity contribution < 1.29 is 17.1 Å². The molecule has 0 aromatic rings. The van der Waals surface area contributed by atoms with E-state index < -0.39 is 0 Å². The summed E-state index contributed by atoms with van der Waals surface area (Å²) in [6, 6.07) is 0. The first kappa shape index (κ1) is 78.1. The van der Waals surface area contributed by atoms with Crippen LogP contribution in [0.25, 0.3) is 0 Å². The van der Waals surface area contributed by atoms with Crippen molar-refractivity contribution in [3.63, 3.8) is 0 Å². The molecule has 0 unspecified atom stereocenters. The summed E-state index contributed by atoms with van der Waals surface area (Å²) in [4.78, 5) is 0. The molecule has 1 radical (unpaired) electrons. The van der Waals surface area contributed by atoms with Crippen LogP contribution in [0.4, 0.5) is 0 Å². The Hall–Kier alpha value is 0.519. The van der Waals surface area contributed by atoms with Crippen molar-refractivity contribution in [1.29, 1.82) is 0 Å². The second-order valence-corrected chi connectivity index (χ2v) is 15.3. The van der Waals surface area contributed by atoms with Crippen molar-refractivity contribution >= 4 is 0 Å². The van der Waals surface area contributed by atoms with E-state index in [1.165, 1.54) is 205 Å². The van der Waals surface area contributed by atoms with E-state index in [0.29, 0.717) is 0 Å². The number of unbranched alkanes of at least 4 members (excludes halogenated alkanes) is 32.